The summed E-state index contributed by atoms with van der Waals surface area (Å²) in [7, 11) is 2.08. The van der Waals surface area contributed by atoms with Gasteiger partial charge in [-0.05, 0) is 44.8 Å². The van der Waals surface area contributed by atoms with E-state index in [1.807, 2.05) is 30.3 Å². The standard InChI is InChI=1S/C43H31N5/c1-48-37-23-13-12-22-36(37)44-43(48)31-26-24-28(25-27-31)38-34-20-10-8-18-32(34)33-19-9-11-21-35(33)39(38)42-46-40(29-14-4-2-5-15-29)45-41(47-42)30-16-6-3-7-17-30/h2-27,40H,1H3,(H,45,46,47). The van der Waals surface area contributed by atoms with Gasteiger partial charge in [-0.25, -0.2) is 15.0 Å². The number of benzene rings is 7. The molecule has 1 atom stereocenters. The number of aryl methyl sites for hydroxylation is 1. The smallest absolute Gasteiger partial charge is 0.160 e. The Morgan fingerprint density at radius 1 is 0.521 bits per heavy atom. The van der Waals surface area contributed by atoms with E-state index in [9.17, 15) is 0 Å². The van der Waals surface area contributed by atoms with Gasteiger partial charge in [0.15, 0.2) is 5.84 Å². The van der Waals surface area contributed by atoms with Crippen molar-refractivity contribution in [3.05, 3.63) is 174 Å². The Hall–Kier alpha value is -6.33. The fraction of sp³-hybridized carbons (Fsp3) is 0.0465. The van der Waals surface area contributed by atoms with Crippen LogP contribution in [0.3, 0.4) is 0 Å². The third kappa shape index (κ3) is 4.67. The molecule has 0 saturated heterocycles. The summed E-state index contributed by atoms with van der Waals surface area (Å²) >= 11 is 0. The quantitative estimate of drug-likeness (QED) is 0.196. The maximum absolute atomic E-state index is 5.35. The van der Waals surface area contributed by atoms with Gasteiger partial charge in [-0.15, -0.1) is 0 Å². The first-order chi connectivity index (χ1) is 23.7. The molecule has 0 spiro atoms. The molecule has 9 rings (SSSR count). The number of fused-ring (bicyclic) bond motifs is 4. The molecular weight excluding hydrogens is 587 g/mol. The van der Waals surface area contributed by atoms with Gasteiger partial charge in [0.25, 0.3) is 0 Å². The Bertz CT molecular complexity index is 2530. The van der Waals surface area contributed by atoms with Crippen LogP contribution in [0.25, 0.3) is 55.1 Å². The van der Waals surface area contributed by atoms with E-state index in [2.05, 4.69) is 144 Å². The highest BCUT2D eigenvalue weighted by Crippen LogP contribution is 2.41. The van der Waals surface area contributed by atoms with Crippen LogP contribution < -0.4 is 5.32 Å². The lowest BCUT2D eigenvalue weighted by Gasteiger charge is -2.26. The summed E-state index contributed by atoms with van der Waals surface area (Å²) in [6, 6.07) is 55.1. The zero-order valence-electron chi connectivity index (χ0n) is 26.4. The van der Waals surface area contributed by atoms with E-state index in [0.717, 1.165) is 66.8 Å². The molecule has 1 aliphatic rings. The molecule has 228 valence electrons. The Kier molecular flexibility index (Phi) is 6.68. The molecular formula is C43H31N5. The van der Waals surface area contributed by atoms with E-state index >= 15 is 0 Å². The summed E-state index contributed by atoms with van der Waals surface area (Å²) in [5.41, 5.74) is 8.51. The van der Waals surface area contributed by atoms with Gasteiger partial charge in [0.2, 0.25) is 0 Å². The molecule has 0 saturated carbocycles. The zero-order chi connectivity index (χ0) is 32.0. The van der Waals surface area contributed by atoms with Crippen LogP contribution in [0.1, 0.15) is 22.9 Å². The second-order valence-corrected chi connectivity index (χ2v) is 12.1. The number of imidazole rings is 1. The molecule has 0 bridgehead atoms. The maximum atomic E-state index is 5.35. The van der Waals surface area contributed by atoms with Crippen LogP contribution in [0.5, 0.6) is 0 Å². The molecule has 0 amide bonds. The van der Waals surface area contributed by atoms with E-state index in [0.29, 0.717) is 5.84 Å². The van der Waals surface area contributed by atoms with Crippen LogP contribution in [-0.4, -0.2) is 21.2 Å². The average molecular weight is 618 g/mol. The highest BCUT2D eigenvalue weighted by Gasteiger charge is 2.26. The van der Waals surface area contributed by atoms with Gasteiger partial charge in [0.05, 0.1) is 11.0 Å². The molecule has 0 radical (unpaired) electrons. The van der Waals surface area contributed by atoms with E-state index in [-0.39, 0.29) is 6.17 Å². The van der Waals surface area contributed by atoms with Crippen molar-refractivity contribution in [1.29, 1.82) is 0 Å². The summed E-state index contributed by atoms with van der Waals surface area (Å²) in [6.45, 7) is 0. The number of hydrogen-bond acceptors (Lipinski definition) is 4. The number of amidine groups is 2. The largest absolute Gasteiger partial charge is 0.344 e. The monoisotopic (exact) mass is 617 g/mol. The summed E-state index contributed by atoms with van der Waals surface area (Å²) in [4.78, 5) is 15.6. The first kappa shape index (κ1) is 27.9. The fourth-order valence-corrected chi connectivity index (χ4v) is 6.97. The van der Waals surface area contributed by atoms with Gasteiger partial charge in [-0.1, -0.05) is 146 Å². The van der Waals surface area contributed by atoms with Crippen molar-refractivity contribution >= 4 is 44.2 Å². The van der Waals surface area contributed by atoms with E-state index in [4.69, 9.17) is 15.0 Å². The highest BCUT2D eigenvalue weighted by molar-refractivity contribution is 6.27. The topological polar surface area (TPSA) is 54.6 Å². The molecule has 0 aliphatic carbocycles. The number of nitrogens with one attached hydrogen (secondary N) is 1. The second-order valence-electron chi connectivity index (χ2n) is 12.1. The predicted octanol–water partition coefficient (Wildman–Crippen LogP) is 9.71. The lowest BCUT2D eigenvalue weighted by atomic mass is 9.87. The fourth-order valence-electron chi connectivity index (χ4n) is 6.97. The van der Waals surface area contributed by atoms with Gasteiger partial charge >= 0.3 is 0 Å². The highest BCUT2D eigenvalue weighted by atomic mass is 15.2. The lowest BCUT2D eigenvalue weighted by molar-refractivity contribution is 0.674. The van der Waals surface area contributed by atoms with Crippen molar-refractivity contribution in [3.63, 3.8) is 0 Å². The molecule has 5 heteroatoms. The van der Waals surface area contributed by atoms with Crippen molar-refractivity contribution in [1.82, 2.24) is 14.9 Å². The third-order valence-electron chi connectivity index (χ3n) is 9.28. The molecule has 7 aromatic carbocycles. The molecule has 0 fully saturated rings. The molecule has 1 N–H and O–H groups in total. The predicted molar refractivity (Wildman–Crippen MR) is 198 cm³/mol. The Morgan fingerprint density at radius 3 is 1.77 bits per heavy atom. The van der Waals surface area contributed by atoms with Gasteiger partial charge in [-0.2, -0.15) is 0 Å². The van der Waals surface area contributed by atoms with Gasteiger partial charge in [-0.3, -0.25) is 0 Å². The number of aliphatic imine (C=N–C) groups is 2. The summed E-state index contributed by atoms with van der Waals surface area (Å²) in [5, 5.41) is 8.29. The number of rotatable bonds is 5. The van der Waals surface area contributed by atoms with Gasteiger partial charge < -0.3 is 9.88 Å². The number of nitrogens with zero attached hydrogens (tertiary/aromatic N) is 4. The maximum Gasteiger partial charge on any atom is 0.160 e. The van der Waals surface area contributed by atoms with Crippen molar-refractivity contribution in [2.24, 2.45) is 17.0 Å². The van der Waals surface area contributed by atoms with Crippen molar-refractivity contribution in [2.75, 3.05) is 0 Å². The van der Waals surface area contributed by atoms with Crippen LogP contribution in [0.2, 0.25) is 0 Å². The van der Waals surface area contributed by atoms with Crippen molar-refractivity contribution in [2.45, 2.75) is 6.17 Å². The van der Waals surface area contributed by atoms with Crippen LogP contribution in [-0.2, 0) is 7.05 Å². The molecule has 48 heavy (non-hydrogen) atoms. The SMILES string of the molecule is Cn1c(-c2ccc(-c3c(C4=NC(c5ccccc5)NC(c5ccccc5)=N4)c4ccccc4c4ccccc34)cc2)nc2ccccc21. The third-order valence-corrected chi connectivity index (χ3v) is 9.28. The van der Waals surface area contributed by atoms with Crippen LogP contribution in [0, 0.1) is 0 Å². The van der Waals surface area contributed by atoms with Crippen LogP contribution in [0.15, 0.2) is 168 Å². The van der Waals surface area contributed by atoms with Crippen LogP contribution in [0.4, 0.5) is 0 Å². The molecule has 2 heterocycles. The number of aromatic nitrogens is 2. The minimum Gasteiger partial charge on any atom is -0.344 e. The van der Waals surface area contributed by atoms with E-state index < -0.39 is 0 Å². The minimum atomic E-state index is -0.299. The zero-order valence-corrected chi connectivity index (χ0v) is 26.4. The Morgan fingerprint density at radius 2 is 1.08 bits per heavy atom. The summed E-state index contributed by atoms with van der Waals surface area (Å²) < 4.78 is 2.16. The van der Waals surface area contributed by atoms with Gasteiger partial charge in [0, 0.05) is 29.3 Å². The summed E-state index contributed by atoms with van der Waals surface area (Å²) in [6.07, 6.45) is -0.299. The van der Waals surface area contributed by atoms with Crippen molar-refractivity contribution in [3.8, 4) is 22.5 Å². The average Bonchev–Trinajstić information content (AvgIpc) is 3.51. The van der Waals surface area contributed by atoms with E-state index in [1.54, 1.807) is 0 Å². The number of para-hydroxylation sites is 2. The summed E-state index contributed by atoms with van der Waals surface area (Å²) in [5.74, 6) is 2.45. The minimum absolute atomic E-state index is 0.299. The van der Waals surface area contributed by atoms with Crippen molar-refractivity contribution < 1.29 is 0 Å². The molecule has 1 aromatic heterocycles. The molecule has 1 unspecified atom stereocenters. The molecule has 5 nitrogen and oxygen atoms in total. The Balaban J connectivity index is 1.30. The Labute approximate surface area is 278 Å². The van der Waals surface area contributed by atoms with Crippen LogP contribution >= 0.6 is 0 Å². The van der Waals surface area contributed by atoms with E-state index in [1.165, 1.54) is 10.8 Å². The molecule has 1 aliphatic heterocycles. The number of hydrogen-bond donors (Lipinski definition) is 1. The second kappa shape index (κ2) is 11.5. The molecule has 8 aromatic rings. The van der Waals surface area contributed by atoms with Gasteiger partial charge in [0.1, 0.15) is 17.8 Å². The first-order valence-electron chi connectivity index (χ1n) is 16.2. The first-order valence-corrected chi connectivity index (χ1v) is 16.2. The lowest BCUT2D eigenvalue weighted by Crippen LogP contribution is -2.33. The normalized spacial score (nSPS) is 14.6.